The predicted molar refractivity (Wildman–Crippen MR) is 72.3 cm³/mol. The summed E-state index contributed by atoms with van der Waals surface area (Å²) in [5, 5.41) is 7.95. The van der Waals surface area contributed by atoms with Crippen molar-refractivity contribution in [3.8, 4) is 5.82 Å². The summed E-state index contributed by atoms with van der Waals surface area (Å²) >= 11 is 5.87. The van der Waals surface area contributed by atoms with Crippen LogP contribution in [-0.2, 0) is 6.42 Å². The molecule has 0 aliphatic rings. The molecule has 0 atom stereocenters. The van der Waals surface area contributed by atoms with Crippen LogP contribution in [0, 0.1) is 0 Å². The van der Waals surface area contributed by atoms with Crippen LogP contribution in [0.5, 0.6) is 0 Å². The lowest BCUT2D eigenvalue weighted by molar-refractivity contribution is 0.785. The number of halogens is 1. The second-order valence-electron chi connectivity index (χ2n) is 3.91. The number of rotatable bonds is 5. The second kappa shape index (κ2) is 5.82. The van der Waals surface area contributed by atoms with Gasteiger partial charge >= 0.3 is 0 Å². The van der Waals surface area contributed by atoms with Crippen LogP contribution in [0.3, 0.4) is 0 Å². The molecule has 2 rings (SSSR count). The molecule has 2 aromatic heterocycles. The van der Waals surface area contributed by atoms with Gasteiger partial charge in [-0.05, 0) is 13.3 Å². The van der Waals surface area contributed by atoms with Crippen LogP contribution in [0.25, 0.3) is 5.82 Å². The Morgan fingerprint density at radius 1 is 1.33 bits per heavy atom. The highest BCUT2D eigenvalue weighted by Crippen LogP contribution is 2.14. The molecule has 0 unspecified atom stereocenters. The summed E-state index contributed by atoms with van der Waals surface area (Å²) in [6, 6.07) is 1.87. The largest absolute Gasteiger partial charge is 0.370 e. The van der Waals surface area contributed by atoms with E-state index in [1.54, 1.807) is 17.1 Å². The van der Waals surface area contributed by atoms with Gasteiger partial charge in [-0.25, -0.2) is 14.6 Å². The van der Waals surface area contributed by atoms with Gasteiger partial charge in [-0.2, -0.15) is 5.10 Å². The van der Waals surface area contributed by atoms with Crippen molar-refractivity contribution in [3.63, 3.8) is 0 Å². The van der Waals surface area contributed by atoms with Gasteiger partial charge in [-0.1, -0.05) is 18.5 Å². The van der Waals surface area contributed by atoms with Crippen molar-refractivity contribution in [2.75, 3.05) is 11.9 Å². The van der Waals surface area contributed by atoms with Gasteiger partial charge in [0.05, 0.1) is 17.4 Å². The van der Waals surface area contributed by atoms with E-state index in [1.165, 1.54) is 0 Å². The number of hydrogen-bond donors (Lipinski definition) is 1. The summed E-state index contributed by atoms with van der Waals surface area (Å²) < 4.78 is 1.66. The van der Waals surface area contributed by atoms with Crippen molar-refractivity contribution in [3.05, 3.63) is 29.3 Å². The van der Waals surface area contributed by atoms with Gasteiger partial charge in [0.25, 0.3) is 0 Å². The van der Waals surface area contributed by atoms with Crippen molar-refractivity contribution in [1.29, 1.82) is 0 Å². The van der Waals surface area contributed by atoms with Gasteiger partial charge < -0.3 is 5.32 Å². The lowest BCUT2D eigenvalue weighted by atomic mass is 10.3. The lowest BCUT2D eigenvalue weighted by Gasteiger charge is -2.08. The molecule has 5 nitrogen and oxygen atoms in total. The molecule has 2 heterocycles. The fourth-order valence-corrected chi connectivity index (χ4v) is 1.77. The molecule has 0 aromatic carbocycles. The molecule has 0 aliphatic heterocycles. The highest BCUT2D eigenvalue weighted by atomic mass is 35.5. The molecule has 0 fully saturated rings. The smallest absolute Gasteiger partial charge is 0.159 e. The zero-order valence-corrected chi connectivity index (χ0v) is 11.3. The van der Waals surface area contributed by atoms with Crippen LogP contribution in [0.15, 0.2) is 18.5 Å². The summed E-state index contributed by atoms with van der Waals surface area (Å²) in [5.74, 6) is 2.37. The van der Waals surface area contributed by atoms with Crippen LogP contribution >= 0.6 is 11.6 Å². The van der Waals surface area contributed by atoms with E-state index in [-0.39, 0.29) is 0 Å². The number of aryl methyl sites for hydroxylation is 1. The molecule has 6 heteroatoms. The number of anilines is 1. The van der Waals surface area contributed by atoms with Gasteiger partial charge in [0, 0.05) is 19.0 Å². The van der Waals surface area contributed by atoms with E-state index in [0.717, 1.165) is 36.8 Å². The first-order valence-electron chi connectivity index (χ1n) is 6.05. The predicted octanol–water partition coefficient (Wildman–Crippen LogP) is 2.70. The van der Waals surface area contributed by atoms with E-state index in [4.69, 9.17) is 11.6 Å². The maximum Gasteiger partial charge on any atom is 0.159 e. The minimum atomic E-state index is 0.593. The number of hydrogen-bond acceptors (Lipinski definition) is 4. The van der Waals surface area contributed by atoms with Crippen LogP contribution in [0.2, 0.25) is 5.02 Å². The Kier molecular flexibility index (Phi) is 4.15. The van der Waals surface area contributed by atoms with Crippen LogP contribution in [0.1, 0.15) is 26.1 Å². The summed E-state index contributed by atoms with van der Waals surface area (Å²) in [6.07, 6.45) is 5.18. The third kappa shape index (κ3) is 2.98. The van der Waals surface area contributed by atoms with Gasteiger partial charge in [-0.3, -0.25) is 0 Å². The van der Waals surface area contributed by atoms with E-state index >= 15 is 0 Å². The van der Waals surface area contributed by atoms with Crippen molar-refractivity contribution >= 4 is 17.4 Å². The zero-order chi connectivity index (χ0) is 13.0. The number of aromatic nitrogens is 4. The minimum absolute atomic E-state index is 0.593. The van der Waals surface area contributed by atoms with Crippen molar-refractivity contribution in [2.24, 2.45) is 0 Å². The monoisotopic (exact) mass is 265 g/mol. The topological polar surface area (TPSA) is 55.6 Å². The Bertz CT molecular complexity index is 499. The fourth-order valence-electron chi connectivity index (χ4n) is 1.63. The van der Waals surface area contributed by atoms with E-state index in [2.05, 4.69) is 27.3 Å². The Hall–Kier alpha value is -1.62. The highest BCUT2D eigenvalue weighted by Gasteiger charge is 2.06. The van der Waals surface area contributed by atoms with E-state index in [9.17, 15) is 0 Å². The molecular formula is C12H16ClN5. The zero-order valence-electron chi connectivity index (χ0n) is 10.5. The maximum atomic E-state index is 5.87. The van der Waals surface area contributed by atoms with Crippen molar-refractivity contribution in [2.45, 2.75) is 26.7 Å². The van der Waals surface area contributed by atoms with Gasteiger partial charge in [-0.15, -0.1) is 0 Å². The normalized spacial score (nSPS) is 10.6. The maximum absolute atomic E-state index is 5.87. The summed E-state index contributed by atoms with van der Waals surface area (Å²) in [6.45, 7) is 4.96. The van der Waals surface area contributed by atoms with E-state index in [0.29, 0.717) is 5.02 Å². The summed E-state index contributed by atoms with van der Waals surface area (Å²) in [7, 11) is 0. The fraction of sp³-hybridized carbons (Fsp3) is 0.417. The van der Waals surface area contributed by atoms with E-state index < -0.39 is 0 Å². The number of nitrogens with zero attached hydrogens (tertiary/aromatic N) is 4. The van der Waals surface area contributed by atoms with Crippen molar-refractivity contribution < 1.29 is 0 Å². The Balaban J connectivity index is 2.39. The second-order valence-corrected chi connectivity index (χ2v) is 4.35. The van der Waals surface area contributed by atoms with Crippen LogP contribution in [0.4, 0.5) is 5.82 Å². The van der Waals surface area contributed by atoms with Crippen molar-refractivity contribution in [1.82, 2.24) is 19.7 Å². The molecule has 1 N–H and O–H groups in total. The molecule has 0 aliphatic carbocycles. The summed E-state index contributed by atoms with van der Waals surface area (Å²) in [4.78, 5) is 8.93. The molecule has 0 spiro atoms. The molecule has 0 saturated carbocycles. The first-order chi connectivity index (χ1) is 8.72. The Labute approximate surface area is 111 Å². The standard InChI is InChI=1S/C12H16ClN5/c1-3-5-10-16-11(14-4-2)6-12(17-10)18-8-9(13)7-15-18/h6-8H,3-5H2,1-2H3,(H,14,16,17). The average Bonchev–Trinajstić information content (AvgIpc) is 2.76. The molecule has 2 aromatic rings. The van der Waals surface area contributed by atoms with E-state index in [1.807, 2.05) is 13.0 Å². The molecule has 0 bridgehead atoms. The lowest BCUT2D eigenvalue weighted by Crippen LogP contribution is -2.08. The quantitative estimate of drug-likeness (QED) is 0.903. The first-order valence-corrected chi connectivity index (χ1v) is 6.43. The Morgan fingerprint density at radius 2 is 2.17 bits per heavy atom. The first kappa shape index (κ1) is 12.8. The van der Waals surface area contributed by atoms with Gasteiger partial charge in [0.2, 0.25) is 0 Å². The summed E-state index contributed by atoms with van der Waals surface area (Å²) in [5.41, 5.74) is 0. The molecule has 0 saturated heterocycles. The number of nitrogens with one attached hydrogen (secondary N) is 1. The molecular weight excluding hydrogens is 250 g/mol. The molecule has 18 heavy (non-hydrogen) atoms. The van der Waals surface area contributed by atoms with Gasteiger partial charge in [0.1, 0.15) is 11.6 Å². The molecule has 0 radical (unpaired) electrons. The third-order valence-corrected chi connectivity index (χ3v) is 2.57. The SMILES string of the molecule is CCCc1nc(NCC)cc(-n2cc(Cl)cn2)n1. The Morgan fingerprint density at radius 3 is 2.78 bits per heavy atom. The van der Waals surface area contributed by atoms with Crippen LogP contribution < -0.4 is 5.32 Å². The molecule has 96 valence electrons. The average molecular weight is 266 g/mol. The van der Waals surface area contributed by atoms with Gasteiger partial charge in [0.15, 0.2) is 5.82 Å². The minimum Gasteiger partial charge on any atom is -0.370 e. The molecule has 0 amide bonds. The van der Waals surface area contributed by atoms with Crippen LogP contribution in [-0.4, -0.2) is 26.3 Å². The highest BCUT2D eigenvalue weighted by molar-refractivity contribution is 6.30. The third-order valence-electron chi connectivity index (χ3n) is 2.38.